The largest absolute Gasteiger partial charge is 0.481 e. The number of amides is 5. The van der Waals surface area contributed by atoms with Crippen molar-refractivity contribution in [2.45, 2.75) is 77.2 Å². The van der Waals surface area contributed by atoms with Gasteiger partial charge in [-0.15, -0.1) is 0 Å². The van der Waals surface area contributed by atoms with Crippen molar-refractivity contribution in [1.29, 1.82) is 0 Å². The minimum absolute atomic E-state index is 0.341. The summed E-state index contributed by atoms with van der Waals surface area (Å²) in [4.78, 5) is 104. The van der Waals surface area contributed by atoms with Crippen molar-refractivity contribution in [3.05, 3.63) is 0 Å². The van der Waals surface area contributed by atoms with Crippen LogP contribution in [0.25, 0.3) is 0 Å². The van der Waals surface area contributed by atoms with Crippen LogP contribution in [0.1, 0.15) is 47.0 Å². The van der Waals surface area contributed by atoms with Gasteiger partial charge < -0.3 is 57.4 Å². The molecule has 0 bridgehead atoms. The van der Waals surface area contributed by atoms with Crippen LogP contribution in [-0.2, 0) is 42.7 Å². The fourth-order valence-electron chi connectivity index (χ4n) is 3.50. The normalized spacial score (nSPS) is 15.4. The highest BCUT2D eigenvalue weighted by Crippen LogP contribution is 2.35. The number of carboxylic acid groups (broad SMARTS) is 2. The lowest BCUT2D eigenvalue weighted by molar-refractivity contribution is -0.144. The van der Waals surface area contributed by atoms with E-state index < -0.39 is 124 Å². The molecular formula is C24H43N6O14P. The Bertz CT molecular complexity index is 1120. The van der Waals surface area contributed by atoms with E-state index >= 15 is 0 Å². The lowest BCUT2D eigenvalue weighted by Crippen LogP contribution is -2.60. The van der Waals surface area contributed by atoms with Crippen LogP contribution in [0.15, 0.2) is 0 Å². The Balaban J connectivity index is 6.00. The third-order valence-electron chi connectivity index (χ3n) is 6.32. The molecule has 45 heavy (non-hydrogen) atoms. The number of carbonyl (C=O) groups is 7. The summed E-state index contributed by atoms with van der Waals surface area (Å²) in [5.74, 6) is -9.10. The minimum atomic E-state index is -5.21. The number of rotatable bonds is 21. The van der Waals surface area contributed by atoms with E-state index in [1.54, 1.807) is 6.92 Å². The summed E-state index contributed by atoms with van der Waals surface area (Å²) in [5.41, 5.74) is 5.34. The first-order valence-electron chi connectivity index (χ1n) is 13.7. The summed E-state index contributed by atoms with van der Waals surface area (Å²) in [6.45, 7) is 3.71. The van der Waals surface area contributed by atoms with E-state index in [9.17, 15) is 43.2 Å². The molecule has 0 fully saturated rings. The molecule has 258 valence electrons. The van der Waals surface area contributed by atoms with Crippen molar-refractivity contribution in [3.8, 4) is 0 Å². The van der Waals surface area contributed by atoms with E-state index in [1.807, 2.05) is 0 Å². The van der Waals surface area contributed by atoms with Crippen LogP contribution in [0.5, 0.6) is 0 Å². The zero-order valence-electron chi connectivity index (χ0n) is 25.2. The van der Waals surface area contributed by atoms with Gasteiger partial charge in [-0.2, -0.15) is 0 Å². The van der Waals surface area contributed by atoms with E-state index in [1.165, 1.54) is 20.8 Å². The van der Waals surface area contributed by atoms with Gasteiger partial charge in [-0.1, -0.05) is 34.1 Å². The number of nitrogens with one attached hydrogen (secondary N) is 5. The molecule has 20 nitrogen and oxygen atoms in total. The van der Waals surface area contributed by atoms with Crippen LogP contribution in [0.4, 0.5) is 0 Å². The fourth-order valence-corrected chi connectivity index (χ4v) is 3.85. The molecule has 0 aliphatic carbocycles. The van der Waals surface area contributed by atoms with Gasteiger partial charge in [0, 0.05) is 6.42 Å². The molecule has 6 atom stereocenters. The highest BCUT2D eigenvalue weighted by atomic mass is 31.2. The maximum Gasteiger partial charge on any atom is 0.469 e. The molecule has 5 amide bonds. The molecular weight excluding hydrogens is 627 g/mol. The van der Waals surface area contributed by atoms with Gasteiger partial charge in [0.25, 0.3) is 0 Å². The van der Waals surface area contributed by atoms with Crippen LogP contribution in [0.2, 0.25) is 0 Å². The molecule has 0 saturated carbocycles. The maximum atomic E-state index is 13.2. The predicted octanol–water partition coefficient (Wildman–Crippen LogP) is -3.88. The number of aliphatic hydroxyl groups is 1. The number of aliphatic hydroxyl groups excluding tert-OH is 1. The summed E-state index contributed by atoms with van der Waals surface area (Å²) in [7, 11) is -5.21. The van der Waals surface area contributed by atoms with E-state index in [4.69, 9.17) is 25.7 Å². The van der Waals surface area contributed by atoms with Crippen molar-refractivity contribution < 1.29 is 67.8 Å². The highest BCUT2D eigenvalue weighted by Gasteiger charge is 2.34. The average Bonchev–Trinajstić information content (AvgIpc) is 2.95. The topological polar surface area (TPSA) is 333 Å². The summed E-state index contributed by atoms with van der Waals surface area (Å²) in [5, 5.41) is 38.5. The lowest BCUT2D eigenvalue weighted by atomic mass is 9.98. The number of phosphoric ester groups is 1. The summed E-state index contributed by atoms with van der Waals surface area (Å²) in [6.07, 6.45) is -0.847. The first-order valence-corrected chi connectivity index (χ1v) is 15.3. The Morgan fingerprint density at radius 1 is 0.822 bits per heavy atom. The van der Waals surface area contributed by atoms with E-state index in [2.05, 4.69) is 31.1 Å². The van der Waals surface area contributed by atoms with Crippen LogP contribution in [0.3, 0.4) is 0 Å². The summed E-state index contributed by atoms with van der Waals surface area (Å²) in [6, 6.07) is -7.68. The molecule has 0 radical (unpaired) electrons. The van der Waals surface area contributed by atoms with Gasteiger partial charge in [-0.05, 0) is 18.3 Å². The predicted molar refractivity (Wildman–Crippen MR) is 153 cm³/mol. The Morgan fingerprint density at radius 3 is 1.84 bits per heavy atom. The smallest absolute Gasteiger partial charge is 0.469 e. The molecule has 0 spiro atoms. The molecule has 21 heteroatoms. The quantitative estimate of drug-likeness (QED) is 0.0520. The zero-order valence-corrected chi connectivity index (χ0v) is 26.1. The first-order chi connectivity index (χ1) is 20.7. The van der Waals surface area contributed by atoms with Gasteiger partial charge in [-0.3, -0.25) is 33.3 Å². The van der Waals surface area contributed by atoms with Crippen molar-refractivity contribution in [1.82, 2.24) is 26.6 Å². The second-order valence-corrected chi connectivity index (χ2v) is 11.6. The monoisotopic (exact) mass is 670 g/mol. The molecule has 0 rings (SSSR count). The van der Waals surface area contributed by atoms with Gasteiger partial charge in [-0.25, -0.2) is 9.36 Å². The second kappa shape index (κ2) is 19.7. The molecule has 0 aliphatic heterocycles. The number of phosphoric acid groups is 1. The molecule has 12 N–H and O–H groups in total. The number of aliphatic carboxylic acids is 2. The van der Waals surface area contributed by atoms with Crippen molar-refractivity contribution in [2.75, 3.05) is 19.8 Å². The van der Waals surface area contributed by atoms with E-state index in [0.29, 0.717) is 6.42 Å². The van der Waals surface area contributed by atoms with Gasteiger partial charge in [0.15, 0.2) is 0 Å². The summed E-state index contributed by atoms with van der Waals surface area (Å²) < 4.78 is 15.7. The van der Waals surface area contributed by atoms with Crippen molar-refractivity contribution in [2.24, 2.45) is 17.6 Å². The molecule has 0 heterocycles. The van der Waals surface area contributed by atoms with Gasteiger partial charge in [0.2, 0.25) is 29.5 Å². The Kier molecular flexibility index (Phi) is 18.0. The van der Waals surface area contributed by atoms with Crippen LogP contribution in [0, 0.1) is 11.8 Å². The molecule has 0 saturated heterocycles. The molecule has 0 aromatic carbocycles. The Labute approximate surface area is 258 Å². The van der Waals surface area contributed by atoms with Gasteiger partial charge in [0.1, 0.15) is 30.2 Å². The maximum absolute atomic E-state index is 13.2. The molecule has 0 unspecified atom stereocenters. The third-order valence-corrected chi connectivity index (χ3v) is 6.81. The minimum Gasteiger partial charge on any atom is -0.481 e. The molecule has 0 aromatic heterocycles. The van der Waals surface area contributed by atoms with E-state index in [-0.39, 0.29) is 0 Å². The SMILES string of the molecule is CC[C@H](C)[C@H](NC(=O)[C@H](CCC(=O)O)NC(=O)[C@H](COP(=O)(O)O)NC(=O)[C@@H](NC(=O)CNC(=O)[C@@H](N)CO)C(C)C)C(=O)O. The summed E-state index contributed by atoms with van der Waals surface area (Å²) >= 11 is 0. The first kappa shape index (κ1) is 41.3. The number of nitrogens with two attached hydrogens (primary N) is 1. The molecule has 0 aromatic rings. The second-order valence-electron chi connectivity index (χ2n) is 10.3. The lowest BCUT2D eigenvalue weighted by Gasteiger charge is -2.27. The highest BCUT2D eigenvalue weighted by molar-refractivity contribution is 7.46. The number of carboxylic acids is 2. The Morgan fingerprint density at radius 2 is 1.38 bits per heavy atom. The third kappa shape index (κ3) is 16.3. The fraction of sp³-hybridized carbons (Fsp3) is 0.708. The average molecular weight is 671 g/mol. The van der Waals surface area contributed by atoms with Gasteiger partial charge >= 0.3 is 19.8 Å². The Hall–Kier alpha value is -3.68. The van der Waals surface area contributed by atoms with Crippen LogP contribution in [-0.4, -0.2) is 117 Å². The number of hydrogen-bond donors (Lipinski definition) is 11. The van der Waals surface area contributed by atoms with Crippen molar-refractivity contribution in [3.63, 3.8) is 0 Å². The van der Waals surface area contributed by atoms with Crippen LogP contribution < -0.4 is 32.3 Å². The van der Waals surface area contributed by atoms with Crippen molar-refractivity contribution >= 4 is 49.3 Å². The molecule has 0 aliphatic rings. The standard InChI is InChI=1S/C24H43N6O14P/c1-5-12(4)19(24(39)40)30-21(36)14(6-7-17(33)34)27-22(37)15(10-44-45(41,42)43)28-23(38)18(11(2)3)29-16(32)8-26-20(35)13(25)9-31/h11-15,18-19,31H,5-10,25H2,1-4H3,(H,26,35)(H,27,37)(H,28,38)(H,29,32)(H,30,36)(H,33,34)(H,39,40)(H2,41,42,43)/t12-,13-,14-,15-,18-,19-/m0/s1. The number of carbonyl (C=O) groups excluding carboxylic acids is 5. The zero-order chi connectivity index (χ0) is 35.1. The van der Waals surface area contributed by atoms with Crippen LogP contribution >= 0.6 is 7.82 Å². The number of hydrogen-bond acceptors (Lipinski definition) is 11. The van der Waals surface area contributed by atoms with E-state index in [0.717, 1.165) is 0 Å². The van der Waals surface area contributed by atoms with Gasteiger partial charge in [0.05, 0.1) is 19.8 Å².